The van der Waals surface area contributed by atoms with Crippen LogP contribution in [0.25, 0.3) is 0 Å². The van der Waals surface area contributed by atoms with Gasteiger partial charge in [0.2, 0.25) is 0 Å². The van der Waals surface area contributed by atoms with Crippen molar-refractivity contribution >= 4 is 34.7 Å². The Balaban J connectivity index is 3.13. The van der Waals surface area contributed by atoms with E-state index in [0.717, 1.165) is 5.56 Å². The summed E-state index contributed by atoms with van der Waals surface area (Å²) in [5.74, 6) is -0.312. The zero-order valence-electron chi connectivity index (χ0n) is 7.05. The van der Waals surface area contributed by atoms with Gasteiger partial charge in [0.15, 0.2) is 10.6 Å². The molecule has 1 rings (SSSR count). The van der Waals surface area contributed by atoms with Crippen LogP contribution in [0.1, 0.15) is 15.9 Å². The van der Waals surface area contributed by atoms with Crippen LogP contribution in [0.2, 0.25) is 0 Å². The normalized spacial score (nSPS) is 10.5. The van der Waals surface area contributed by atoms with E-state index in [-0.39, 0.29) is 5.78 Å². The lowest BCUT2D eigenvalue weighted by Gasteiger charge is -2.05. The van der Waals surface area contributed by atoms with Crippen molar-refractivity contribution in [1.29, 1.82) is 0 Å². The third kappa shape index (κ3) is 2.36. The Hall–Kier alpha value is -0.730. The average molecular weight is 218 g/mol. The summed E-state index contributed by atoms with van der Waals surface area (Å²) in [6.45, 7) is 1.81. The number of nitrogen functional groups attached to an aromatic ring is 1. The van der Waals surface area contributed by atoms with E-state index in [1.54, 1.807) is 18.2 Å². The SMILES string of the molecule is Cc1ccc(N)cc1C(=O)C(Cl)Cl. The number of hydrogen-bond donors (Lipinski definition) is 1. The highest BCUT2D eigenvalue weighted by atomic mass is 35.5. The van der Waals surface area contributed by atoms with Gasteiger partial charge in [0.25, 0.3) is 0 Å². The predicted octanol–water partition coefficient (Wildman–Crippen LogP) is 2.56. The van der Waals surface area contributed by atoms with Gasteiger partial charge in [0, 0.05) is 11.3 Å². The molecule has 0 saturated heterocycles. The number of halogens is 2. The first-order valence-corrected chi connectivity index (χ1v) is 4.58. The van der Waals surface area contributed by atoms with Crippen molar-refractivity contribution in [3.63, 3.8) is 0 Å². The first-order valence-electron chi connectivity index (χ1n) is 3.71. The molecule has 0 radical (unpaired) electrons. The highest BCUT2D eigenvalue weighted by Crippen LogP contribution is 2.18. The maximum atomic E-state index is 11.4. The molecule has 0 aliphatic heterocycles. The van der Waals surface area contributed by atoms with E-state index < -0.39 is 4.84 Å². The second-order valence-corrected chi connectivity index (χ2v) is 3.84. The summed E-state index contributed by atoms with van der Waals surface area (Å²) >= 11 is 10.9. The highest BCUT2D eigenvalue weighted by molar-refractivity contribution is 6.55. The molecule has 0 unspecified atom stereocenters. The van der Waals surface area contributed by atoms with E-state index >= 15 is 0 Å². The minimum atomic E-state index is -1.03. The molecular formula is C9H9Cl2NO. The van der Waals surface area contributed by atoms with Gasteiger partial charge in [-0.15, -0.1) is 0 Å². The van der Waals surface area contributed by atoms with E-state index in [0.29, 0.717) is 11.3 Å². The van der Waals surface area contributed by atoms with Crippen molar-refractivity contribution in [2.24, 2.45) is 0 Å². The number of rotatable bonds is 2. The van der Waals surface area contributed by atoms with Crippen LogP contribution in [-0.2, 0) is 0 Å². The lowest BCUT2D eigenvalue weighted by molar-refractivity contribution is 0.101. The molecular weight excluding hydrogens is 209 g/mol. The van der Waals surface area contributed by atoms with Gasteiger partial charge < -0.3 is 5.73 Å². The van der Waals surface area contributed by atoms with Crippen molar-refractivity contribution in [3.05, 3.63) is 29.3 Å². The number of benzene rings is 1. The van der Waals surface area contributed by atoms with Crippen molar-refractivity contribution in [2.75, 3.05) is 5.73 Å². The maximum Gasteiger partial charge on any atom is 0.196 e. The number of carbonyl (C=O) groups is 1. The molecule has 0 heterocycles. The molecule has 0 aromatic heterocycles. The molecule has 0 saturated carbocycles. The summed E-state index contributed by atoms with van der Waals surface area (Å²) in [5.41, 5.74) is 7.36. The molecule has 1 aromatic rings. The lowest BCUT2D eigenvalue weighted by atomic mass is 10.0. The van der Waals surface area contributed by atoms with Gasteiger partial charge >= 0.3 is 0 Å². The van der Waals surface area contributed by atoms with Gasteiger partial charge in [0.1, 0.15) is 0 Å². The molecule has 2 N–H and O–H groups in total. The third-order valence-corrected chi connectivity index (χ3v) is 2.12. The lowest BCUT2D eigenvalue weighted by Crippen LogP contribution is -2.10. The molecule has 0 amide bonds. The Labute approximate surface area is 86.6 Å². The van der Waals surface area contributed by atoms with Crippen molar-refractivity contribution in [1.82, 2.24) is 0 Å². The molecule has 0 spiro atoms. The second-order valence-electron chi connectivity index (χ2n) is 2.74. The summed E-state index contributed by atoms with van der Waals surface area (Å²) in [7, 11) is 0. The van der Waals surface area contributed by atoms with Gasteiger partial charge in [-0.3, -0.25) is 4.79 Å². The van der Waals surface area contributed by atoms with Crippen molar-refractivity contribution < 1.29 is 4.79 Å². The summed E-state index contributed by atoms with van der Waals surface area (Å²) in [4.78, 5) is 10.4. The molecule has 70 valence electrons. The summed E-state index contributed by atoms with van der Waals surface area (Å²) in [5, 5.41) is 0. The number of nitrogens with two attached hydrogens (primary N) is 1. The number of alkyl halides is 2. The Kier molecular flexibility index (Phi) is 3.17. The monoisotopic (exact) mass is 217 g/mol. The van der Waals surface area contributed by atoms with Gasteiger partial charge in [-0.05, 0) is 24.6 Å². The minimum absolute atomic E-state index is 0.312. The van der Waals surface area contributed by atoms with E-state index in [2.05, 4.69) is 0 Å². The molecule has 0 bridgehead atoms. The topological polar surface area (TPSA) is 43.1 Å². The Morgan fingerprint density at radius 3 is 2.62 bits per heavy atom. The van der Waals surface area contributed by atoms with E-state index in [4.69, 9.17) is 28.9 Å². The highest BCUT2D eigenvalue weighted by Gasteiger charge is 2.16. The zero-order valence-corrected chi connectivity index (χ0v) is 8.56. The fourth-order valence-electron chi connectivity index (χ4n) is 1.02. The van der Waals surface area contributed by atoms with Crippen molar-refractivity contribution in [3.8, 4) is 0 Å². The van der Waals surface area contributed by atoms with Crippen LogP contribution in [0.15, 0.2) is 18.2 Å². The average Bonchev–Trinajstić information content (AvgIpc) is 2.08. The van der Waals surface area contributed by atoms with E-state index in [9.17, 15) is 4.79 Å². The summed E-state index contributed by atoms with van der Waals surface area (Å²) in [6, 6.07) is 5.07. The molecule has 2 nitrogen and oxygen atoms in total. The molecule has 0 fully saturated rings. The minimum Gasteiger partial charge on any atom is -0.399 e. The van der Waals surface area contributed by atoms with Crippen LogP contribution in [-0.4, -0.2) is 10.6 Å². The number of ketones is 1. The van der Waals surface area contributed by atoms with Gasteiger partial charge in [-0.2, -0.15) is 0 Å². The zero-order chi connectivity index (χ0) is 10.0. The summed E-state index contributed by atoms with van der Waals surface area (Å²) in [6.07, 6.45) is 0. The standard InChI is InChI=1S/C9H9Cl2NO/c1-5-2-3-6(12)4-7(5)8(13)9(10)11/h2-4,9H,12H2,1H3. The number of Topliss-reactive ketones (excluding diaryl/α,β-unsaturated/α-hetero) is 1. The van der Waals surface area contributed by atoms with Crippen LogP contribution >= 0.6 is 23.2 Å². The number of hydrogen-bond acceptors (Lipinski definition) is 2. The van der Waals surface area contributed by atoms with Crippen LogP contribution in [0.5, 0.6) is 0 Å². The van der Waals surface area contributed by atoms with Gasteiger partial charge in [-0.25, -0.2) is 0 Å². The van der Waals surface area contributed by atoms with Crippen LogP contribution in [0, 0.1) is 6.92 Å². The number of aryl methyl sites for hydroxylation is 1. The summed E-state index contributed by atoms with van der Waals surface area (Å²) < 4.78 is 0. The maximum absolute atomic E-state index is 11.4. The third-order valence-electron chi connectivity index (χ3n) is 1.73. The Morgan fingerprint density at radius 2 is 2.08 bits per heavy atom. The van der Waals surface area contributed by atoms with E-state index in [1.165, 1.54) is 0 Å². The fraction of sp³-hybridized carbons (Fsp3) is 0.222. The molecule has 1 aromatic carbocycles. The quantitative estimate of drug-likeness (QED) is 0.471. The first-order chi connectivity index (χ1) is 6.02. The van der Waals surface area contributed by atoms with Crippen molar-refractivity contribution in [2.45, 2.75) is 11.8 Å². The second kappa shape index (κ2) is 3.99. The van der Waals surface area contributed by atoms with E-state index in [1.807, 2.05) is 6.92 Å². The van der Waals surface area contributed by atoms with Gasteiger partial charge in [0.05, 0.1) is 0 Å². The Morgan fingerprint density at radius 1 is 1.46 bits per heavy atom. The van der Waals surface area contributed by atoms with Crippen LogP contribution in [0.4, 0.5) is 5.69 Å². The van der Waals surface area contributed by atoms with Gasteiger partial charge in [-0.1, -0.05) is 29.3 Å². The smallest absolute Gasteiger partial charge is 0.196 e. The van der Waals surface area contributed by atoms with Crippen LogP contribution < -0.4 is 5.73 Å². The molecule has 4 heteroatoms. The number of anilines is 1. The molecule has 0 atom stereocenters. The molecule has 0 aliphatic rings. The Bertz CT molecular complexity index is 336. The fourth-order valence-corrected chi connectivity index (χ4v) is 1.26. The largest absolute Gasteiger partial charge is 0.399 e. The molecule has 13 heavy (non-hydrogen) atoms. The predicted molar refractivity (Wildman–Crippen MR) is 55.4 cm³/mol. The first kappa shape index (κ1) is 10.4. The van der Waals surface area contributed by atoms with Crippen LogP contribution in [0.3, 0.4) is 0 Å². The molecule has 0 aliphatic carbocycles. The number of carbonyl (C=O) groups excluding carboxylic acids is 1.